The van der Waals surface area contributed by atoms with Crippen LogP contribution in [0.25, 0.3) is 0 Å². The first kappa shape index (κ1) is 15.5. The quantitative estimate of drug-likeness (QED) is 0.921. The number of nitrogens with zero attached hydrogens (tertiary/aromatic N) is 1. The van der Waals surface area contributed by atoms with Crippen LogP contribution in [0.4, 0.5) is 9.80 Å². The van der Waals surface area contributed by atoms with Crippen molar-refractivity contribution in [2.24, 2.45) is 0 Å². The van der Waals surface area contributed by atoms with Gasteiger partial charge in [0.05, 0.1) is 6.42 Å². The minimum Gasteiger partial charge on any atom is -0.481 e. The Labute approximate surface area is 116 Å². The van der Waals surface area contributed by atoms with Gasteiger partial charge < -0.3 is 9.84 Å². The molecule has 6 heteroatoms. The summed E-state index contributed by atoms with van der Waals surface area (Å²) in [6.45, 7) is 7.02. The van der Waals surface area contributed by atoms with Crippen LogP contribution in [-0.4, -0.2) is 28.8 Å². The van der Waals surface area contributed by atoms with Crippen molar-refractivity contribution in [3.63, 3.8) is 0 Å². The fraction of sp³-hybridized carbons (Fsp3) is 0.538. The minimum absolute atomic E-state index is 0.128. The monoisotopic (exact) mass is 285 g/mol. The number of hydrogen-bond donors (Lipinski definition) is 1. The molecule has 0 aliphatic rings. The zero-order chi connectivity index (χ0) is 14.6. The Hall–Kier alpha value is -1.56. The smallest absolute Gasteiger partial charge is 0.415 e. The van der Waals surface area contributed by atoms with Gasteiger partial charge in [0.15, 0.2) is 0 Å². The second-order valence-electron chi connectivity index (χ2n) is 5.25. The number of ether oxygens (including phenoxy) is 1. The molecule has 0 unspecified atom stereocenters. The van der Waals surface area contributed by atoms with Gasteiger partial charge in [-0.3, -0.25) is 9.69 Å². The summed E-state index contributed by atoms with van der Waals surface area (Å²) in [4.78, 5) is 24.4. The predicted octanol–water partition coefficient (Wildman–Crippen LogP) is 3.35. The maximum absolute atomic E-state index is 12.2. The third-order valence-electron chi connectivity index (χ3n) is 2.24. The Morgan fingerprint density at radius 3 is 2.53 bits per heavy atom. The van der Waals surface area contributed by atoms with Gasteiger partial charge in [-0.05, 0) is 45.2 Å². The number of hydrogen-bond acceptors (Lipinski definition) is 4. The maximum Gasteiger partial charge on any atom is 0.415 e. The van der Waals surface area contributed by atoms with Gasteiger partial charge in [-0.2, -0.15) is 0 Å². The SMILES string of the molecule is C[C@@H](CC(=O)O)N(C(=O)OC(C)(C)C)c1cccs1. The molecule has 1 rings (SSSR count). The molecule has 0 spiro atoms. The van der Waals surface area contributed by atoms with E-state index in [1.54, 1.807) is 33.8 Å². The van der Waals surface area contributed by atoms with Gasteiger partial charge in [-0.15, -0.1) is 11.3 Å². The van der Waals surface area contributed by atoms with Crippen molar-refractivity contribution >= 4 is 28.4 Å². The molecule has 0 saturated heterocycles. The summed E-state index contributed by atoms with van der Waals surface area (Å²) in [5.74, 6) is -0.947. The van der Waals surface area contributed by atoms with E-state index in [1.807, 2.05) is 11.4 Å². The normalized spacial score (nSPS) is 12.8. The number of aliphatic carboxylic acids is 1. The molecule has 0 radical (unpaired) electrons. The Balaban J connectivity index is 2.93. The molecule has 1 heterocycles. The van der Waals surface area contributed by atoms with Crippen LogP contribution in [0.2, 0.25) is 0 Å². The van der Waals surface area contributed by atoms with E-state index in [0.29, 0.717) is 5.00 Å². The number of anilines is 1. The van der Waals surface area contributed by atoms with E-state index in [-0.39, 0.29) is 6.42 Å². The Morgan fingerprint density at radius 1 is 1.47 bits per heavy atom. The summed E-state index contributed by atoms with van der Waals surface area (Å²) < 4.78 is 5.33. The number of rotatable bonds is 4. The highest BCUT2D eigenvalue weighted by Gasteiger charge is 2.29. The summed E-state index contributed by atoms with van der Waals surface area (Å²) in [6.07, 6.45) is -0.652. The van der Waals surface area contributed by atoms with Crippen LogP contribution in [-0.2, 0) is 9.53 Å². The number of thiophene rings is 1. The average molecular weight is 285 g/mol. The molecule has 0 aliphatic heterocycles. The van der Waals surface area contributed by atoms with Crippen molar-refractivity contribution in [2.75, 3.05) is 4.90 Å². The standard InChI is InChI=1S/C13H19NO4S/c1-9(8-11(15)16)14(10-6-5-7-19-10)12(17)18-13(2,3)4/h5-7,9H,8H2,1-4H3,(H,15,16)/t9-/m0/s1. The second-order valence-corrected chi connectivity index (χ2v) is 6.17. The number of amides is 1. The lowest BCUT2D eigenvalue weighted by molar-refractivity contribution is -0.137. The predicted molar refractivity (Wildman–Crippen MR) is 74.7 cm³/mol. The lowest BCUT2D eigenvalue weighted by Gasteiger charge is -2.30. The second kappa shape index (κ2) is 6.06. The lowest BCUT2D eigenvalue weighted by atomic mass is 10.2. The van der Waals surface area contributed by atoms with Crippen molar-refractivity contribution in [1.29, 1.82) is 0 Å². The molecule has 19 heavy (non-hydrogen) atoms. The van der Waals surface area contributed by atoms with E-state index in [2.05, 4.69) is 0 Å². The van der Waals surface area contributed by atoms with Crippen LogP contribution in [0.1, 0.15) is 34.1 Å². The molecule has 1 aromatic heterocycles. The van der Waals surface area contributed by atoms with Gasteiger partial charge in [-0.25, -0.2) is 4.79 Å². The van der Waals surface area contributed by atoms with Crippen LogP contribution < -0.4 is 4.90 Å². The van der Waals surface area contributed by atoms with Crippen molar-refractivity contribution in [2.45, 2.75) is 45.8 Å². The molecular weight excluding hydrogens is 266 g/mol. The van der Waals surface area contributed by atoms with Crippen molar-refractivity contribution in [1.82, 2.24) is 0 Å². The van der Waals surface area contributed by atoms with Gasteiger partial charge in [0.25, 0.3) is 0 Å². The molecule has 1 atom stereocenters. The molecular formula is C13H19NO4S. The average Bonchev–Trinajstić information content (AvgIpc) is 2.66. The van der Waals surface area contributed by atoms with Crippen LogP contribution in [0, 0.1) is 0 Å². The van der Waals surface area contributed by atoms with Crippen LogP contribution in [0.3, 0.4) is 0 Å². The van der Waals surface area contributed by atoms with Crippen LogP contribution >= 0.6 is 11.3 Å². The Morgan fingerprint density at radius 2 is 2.11 bits per heavy atom. The fourth-order valence-corrected chi connectivity index (χ4v) is 2.37. The van der Waals surface area contributed by atoms with Crippen molar-refractivity contribution in [3.05, 3.63) is 17.5 Å². The largest absolute Gasteiger partial charge is 0.481 e. The summed E-state index contributed by atoms with van der Waals surface area (Å²) in [5.41, 5.74) is -0.616. The molecule has 1 amide bonds. The molecule has 5 nitrogen and oxygen atoms in total. The third kappa shape index (κ3) is 4.90. The van der Waals surface area contributed by atoms with E-state index >= 15 is 0 Å². The van der Waals surface area contributed by atoms with Gasteiger partial charge in [0, 0.05) is 6.04 Å². The van der Waals surface area contributed by atoms with Gasteiger partial charge >= 0.3 is 12.1 Å². The topological polar surface area (TPSA) is 66.8 Å². The zero-order valence-electron chi connectivity index (χ0n) is 11.5. The first-order valence-electron chi connectivity index (χ1n) is 5.98. The van der Waals surface area contributed by atoms with E-state index in [9.17, 15) is 9.59 Å². The molecule has 106 valence electrons. The van der Waals surface area contributed by atoms with Crippen LogP contribution in [0.15, 0.2) is 17.5 Å². The molecule has 1 N–H and O–H groups in total. The molecule has 0 aliphatic carbocycles. The van der Waals surface area contributed by atoms with Gasteiger partial charge in [0.2, 0.25) is 0 Å². The zero-order valence-corrected chi connectivity index (χ0v) is 12.4. The molecule has 0 aromatic carbocycles. The first-order valence-corrected chi connectivity index (χ1v) is 6.86. The summed E-state index contributed by atoms with van der Waals surface area (Å²) in [7, 11) is 0. The summed E-state index contributed by atoms with van der Waals surface area (Å²) in [6, 6.07) is 3.11. The van der Waals surface area contributed by atoms with E-state index in [0.717, 1.165) is 0 Å². The van der Waals surface area contributed by atoms with E-state index in [1.165, 1.54) is 16.2 Å². The number of carbonyl (C=O) groups excluding carboxylic acids is 1. The van der Waals surface area contributed by atoms with Crippen LogP contribution in [0.5, 0.6) is 0 Å². The fourth-order valence-electron chi connectivity index (χ4n) is 1.55. The highest BCUT2D eigenvalue weighted by molar-refractivity contribution is 7.14. The molecule has 1 aromatic rings. The van der Waals surface area contributed by atoms with E-state index in [4.69, 9.17) is 9.84 Å². The Bertz CT molecular complexity index is 436. The number of carbonyl (C=O) groups is 2. The third-order valence-corrected chi connectivity index (χ3v) is 3.11. The van der Waals surface area contributed by atoms with Gasteiger partial charge in [0.1, 0.15) is 10.6 Å². The lowest BCUT2D eigenvalue weighted by Crippen LogP contribution is -2.42. The number of carboxylic acids is 1. The first-order chi connectivity index (χ1) is 8.70. The number of carboxylic acid groups (broad SMARTS) is 1. The highest BCUT2D eigenvalue weighted by atomic mass is 32.1. The van der Waals surface area contributed by atoms with Crippen molar-refractivity contribution in [3.8, 4) is 0 Å². The maximum atomic E-state index is 12.2. The van der Waals surface area contributed by atoms with Gasteiger partial charge in [-0.1, -0.05) is 0 Å². The van der Waals surface area contributed by atoms with Crippen molar-refractivity contribution < 1.29 is 19.4 Å². The van der Waals surface area contributed by atoms with E-state index < -0.39 is 23.7 Å². The highest BCUT2D eigenvalue weighted by Crippen LogP contribution is 2.26. The summed E-state index contributed by atoms with van der Waals surface area (Å²) >= 11 is 1.37. The minimum atomic E-state index is -0.947. The molecule has 0 fully saturated rings. The molecule has 0 saturated carbocycles. The summed E-state index contributed by atoms with van der Waals surface area (Å²) in [5, 5.41) is 11.4. The Kier molecular flexibility index (Phi) is 4.94. The molecule has 0 bridgehead atoms.